The number of carbonyl (C=O) groups is 2. The molecule has 2 aromatic heterocycles. The molecule has 1 aliphatic carbocycles. The molecular formula is C26H40F5N5O3. The molecule has 222 valence electrons. The highest BCUT2D eigenvalue weighted by Crippen LogP contribution is 2.32. The second-order valence-corrected chi connectivity index (χ2v) is 10.3. The molecule has 1 saturated carbocycles. The lowest BCUT2D eigenvalue weighted by molar-refractivity contribution is -0.144. The number of ether oxygens (including phenoxy) is 1. The third-order valence-electron chi connectivity index (χ3n) is 4.95. The number of fused-ring (bicyclic) bond motifs is 1. The second-order valence-electron chi connectivity index (χ2n) is 10.3. The number of aromatic nitrogens is 3. The highest BCUT2D eigenvalue weighted by molar-refractivity contribution is 5.75. The van der Waals surface area contributed by atoms with Crippen molar-refractivity contribution in [3.05, 3.63) is 29.7 Å². The minimum Gasteiger partial charge on any atom is -0.444 e. The lowest BCUT2D eigenvalue weighted by Gasteiger charge is -2.20. The average Bonchev–Trinajstić information content (AvgIpc) is 3.22. The van der Waals surface area contributed by atoms with Crippen LogP contribution in [0.1, 0.15) is 97.2 Å². The largest absolute Gasteiger partial charge is 0.444 e. The summed E-state index contributed by atoms with van der Waals surface area (Å²) in [5.41, 5.74) is 1.00. The van der Waals surface area contributed by atoms with E-state index < -0.39 is 42.5 Å². The number of imidazole rings is 1. The number of nitrogens with one attached hydrogen (secondary N) is 2. The zero-order valence-corrected chi connectivity index (χ0v) is 23.3. The number of hydrogen-bond donors (Lipinski definition) is 2. The predicted octanol–water partition coefficient (Wildman–Crippen LogP) is 6.71. The third kappa shape index (κ3) is 15.9. The summed E-state index contributed by atoms with van der Waals surface area (Å²) in [5.74, 6) is -3.01. The summed E-state index contributed by atoms with van der Waals surface area (Å²) in [6, 6.07) is 1.65. The summed E-state index contributed by atoms with van der Waals surface area (Å²) >= 11 is 0. The van der Waals surface area contributed by atoms with Gasteiger partial charge in [-0.1, -0.05) is 26.7 Å². The third-order valence-corrected chi connectivity index (χ3v) is 4.95. The average molecular weight is 566 g/mol. The highest BCUT2D eigenvalue weighted by Gasteiger charge is 2.30. The van der Waals surface area contributed by atoms with Gasteiger partial charge in [0.25, 0.3) is 0 Å². The van der Waals surface area contributed by atoms with Crippen LogP contribution in [0.4, 0.5) is 26.7 Å². The van der Waals surface area contributed by atoms with Crippen molar-refractivity contribution in [1.82, 2.24) is 25.2 Å². The van der Waals surface area contributed by atoms with E-state index in [0.29, 0.717) is 29.7 Å². The molecule has 2 heterocycles. The van der Waals surface area contributed by atoms with Crippen LogP contribution in [0.3, 0.4) is 0 Å². The molecule has 39 heavy (non-hydrogen) atoms. The van der Waals surface area contributed by atoms with Gasteiger partial charge >= 0.3 is 12.3 Å². The summed E-state index contributed by atoms with van der Waals surface area (Å²) in [6.07, 6.45) is 0.294. The van der Waals surface area contributed by atoms with Crippen LogP contribution in [0.15, 0.2) is 18.5 Å². The van der Waals surface area contributed by atoms with Gasteiger partial charge in [-0.3, -0.25) is 4.79 Å². The molecule has 0 radical (unpaired) electrons. The first-order valence-corrected chi connectivity index (χ1v) is 13.0. The SMILES string of the molecule is CC(C)(C)OC(=O)NCc1cn2ncc(CNC(=O)CCC(F)(F)F)cc2n1.CCC.FC1(F)CCCCC1. The first kappa shape index (κ1) is 34.0. The Morgan fingerprint density at radius 3 is 2.18 bits per heavy atom. The van der Waals surface area contributed by atoms with Crippen molar-refractivity contribution in [1.29, 1.82) is 0 Å². The number of nitrogens with zero attached hydrogens (tertiary/aromatic N) is 3. The fourth-order valence-corrected chi connectivity index (χ4v) is 3.24. The van der Waals surface area contributed by atoms with Crippen molar-refractivity contribution in [2.45, 2.75) is 117 Å². The van der Waals surface area contributed by atoms with Gasteiger partial charge in [0, 0.05) is 25.8 Å². The molecule has 13 heteroatoms. The molecule has 3 rings (SSSR count). The lowest BCUT2D eigenvalue weighted by atomic mass is 9.97. The number of carbonyl (C=O) groups excluding carboxylic acids is 2. The summed E-state index contributed by atoms with van der Waals surface area (Å²) in [7, 11) is 0. The number of alkyl carbamates (subject to hydrolysis) is 1. The Balaban J connectivity index is 0.000000575. The van der Waals surface area contributed by atoms with E-state index >= 15 is 0 Å². The van der Waals surface area contributed by atoms with E-state index in [2.05, 4.69) is 34.6 Å². The minimum atomic E-state index is -4.36. The molecule has 0 aromatic carbocycles. The fraction of sp³-hybridized carbons (Fsp3) is 0.692. The Kier molecular flexibility index (Phi) is 13.6. The van der Waals surface area contributed by atoms with E-state index in [1.165, 1.54) is 17.1 Å². The second kappa shape index (κ2) is 15.6. The molecule has 0 bridgehead atoms. The normalized spacial score (nSPS) is 14.8. The Hall–Kier alpha value is -2.99. The van der Waals surface area contributed by atoms with Gasteiger partial charge in [0.15, 0.2) is 5.65 Å². The van der Waals surface area contributed by atoms with Gasteiger partial charge in [-0.15, -0.1) is 0 Å². The number of amides is 2. The zero-order valence-electron chi connectivity index (χ0n) is 23.3. The van der Waals surface area contributed by atoms with Crippen molar-refractivity contribution in [2.24, 2.45) is 0 Å². The van der Waals surface area contributed by atoms with Crippen molar-refractivity contribution in [3.63, 3.8) is 0 Å². The maximum absolute atomic E-state index is 12.2. The fourth-order valence-electron chi connectivity index (χ4n) is 3.24. The standard InChI is InChI=1S/C17H22F3N5O3.C6H10F2.C3H8/c1-16(2,3)28-15(27)22-9-12-10-25-13(24-12)6-11(8-23-25)7-21-14(26)4-5-17(18,19)20;7-6(8)4-2-1-3-5-6;1-3-2/h6,8,10H,4-5,7,9H2,1-3H3,(H,21,26)(H,22,27);1-5H2;3H2,1-2H3. The van der Waals surface area contributed by atoms with E-state index in [1.807, 2.05) is 0 Å². The topological polar surface area (TPSA) is 97.6 Å². The Bertz CT molecular complexity index is 1030. The van der Waals surface area contributed by atoms with Crippen molar-refractivity contribution in [3.8, 4) is 0 Å². The molecule has 0 spiro atoms. The Morgan fingerprint density at radius 2 is 1.67 bits per heavy atom. The van der Waals surface area contributed by atoms with Crippen molar-refractivity contribution < 1.29 is 36.3 Å². The summed E-state index contributed by atoms with van der Waals surface area (Å²) in [6.45, 7) is 9.70. The van der Waals surface area contributed by atoms with Gasteiger partial charge < -0.3 is 15.4 Å². The molecule has 1 aliphatic rings. The van der Waals surface area contributed by atoms with E-state index in [0.717, 1.165) is 6.42 Å². The minimum absolute atomic E-state index is 0.0402. The first-order chi connectivity index (χ1) is 18.0. The molecule has 2 N–H and O–H groups in total. The molecule has 2 amide bonds. The van der Waals surface area contributed by atoms with Crippen LogP contribution in [0.2, 0.25) is 0 Å². The zero-order chi connectivity index (χ0) is 29.7. The van der Waals surface area contributed by atoms with E-state index in [4.69, 9.17) is 4.74 Å². The van der Waals surface area contributed by atoms with Gasteiger partial charge in [-0.05, 0) is 45.2 Å². The Labute approximate surface area is 226 Å². The van der Waals surface area contributed by atoms with E-state index in [1.54, 1.807) is 33.0 Å². The van der Waals surface area contributed by atoms with Crippen molar-refractivity contribution in [2.75, 3.05) is 0 Å². The van der Waals surface area contributed by atoms with Crippen LogP contribution in [0, 0.1) is 0 Å². The number of halogens is 5. The monoisotopic (exact) mass is 565 g/mol. The van der Waals surface area contributed by atoms with Crippen LogP contribution < -0.4 is 10.6 Å². The van der Waals surface area contributed by atoms with Crippen LogP contribution >= 0.6 is 0 Å². The Morgan fingerprint density at radius 1 is 1.05 bits per heavy atom. The van der Waals surface area contributed by atoms with Crippen LogP contribution in [0.5, 0.6) is 0 Å². The number of rotatable bonds is 6. The molecular weight excluding hydrogens is 525 g/mol. The van der Waals surface area contributed by atoms with Crippen molar-refractivity contribution >= 4 is 17.6 Å². The van der Waals surface area contributed by atoms with E-state index in [9.17, 15) is 31.5 Å². The molecule has 0 unspecified atom stereocenters. The van der Waals surface area contributed by atoms with Gasteiger partial charge in [0.2, 0.25) is 11.8 Å². The maximum Gasteiger partial charge on any atom is 0.407 e. The summed E-state index contributed by atoms with van der Waals surface area (Å²) in [5, 5.41) is 9.13. The highest BCUT2D eigenvalue weighted by atomic mass is 19.4. The summed E-state index contributed by atoms with van der Waals surface area (Å²) < 4.78 is 67.4. The quantitative estimate of drug-likeness (QED) is 0.379. The smallest absolute Gasteiger partial charge is 0.407 e. The maximum atomic E-state index is 12.2. The lowest BCUT2D eigenvalue weighted by Crippen LogP contribution is -2.32. The molecule has 2 aromatic rings. The van der Waals surface area contributed by atoms with Crippen LogP contribution in [0.25, 0.3) is 5.65 Å². The van der Waals surface area contributed by atoms with Crippen LogP contribution in [-0.4, -0.2) is 44.3 Å². The van der Waals surface area contributed by atoms with E-state index in [-0.39, 0.29) is 25.9 Å². The van der Waals surface area contributed by atoms with Gasteiger partial charge in [-0.2, -0.15) is 18.3 Å². The molecule has 0 atom stereocenters. The molecule has 0 saturated heterocycles. The van der Waals surface area contributed by atoms with Gasteiger partial charge in [0.05, 0.1) is 31.1 Å². The summed E-state index contributed by atoms with van der Waals surface area (Å²) in [4.78, 5) is 27.5. The molecule has 1 fully saturated rings. The van der Waals surface area contributed by atoms with Gasteiger partial charge in [-0.25, -0.2) is 23.1 Å². The number of alkyl halides is 5. The predicted molar refractivity (Wildman–Crippen MR) is 137 cm³/mol. The molecule has 0 aliphatic heterocycles. The van der Waals surface area contributed by atoms with Gasteiger partial charge in [0.1, 0.15) is 5.60 Å². The molecule has 8 nitrogen and oxygen atoms in total. The number of hydrogen-bond acceptors (Lipinski definition) is 5. The van der Waals surface area contributed by atoms with Crippen LogP contribution in [-0.2, 0) is 22.6 Å². The first-order valence-electron chi connectivity index (χ1n) is 13.0.